The van der Waals surface area contributed by atoms with Gasteiger partial charge in [0.15, 0.2) is 0 Å². The van der Waals surface area contributed by atoms with Crippen LogP contribution in [0.3, 0.4) is 0 Å². The Balaban J connectivity index is 1.52. The van der Waals surface area contributed by atoms with Gasteiger partial charge >= 0.3 is 5.97 Å². The van der Waals surface area contributed by atoms with Gasteiger partial charge in [-0.15, -0.1) is 0 Å². The topological polar surface area (TPSA) is 60.4 Å². The van der Waals surface area contributed by atoms with Crippen molar-refractivity contribution in [2.24, 2.45) is 46.3 Å². The van der Waals surface area contributed by atoms with Gasteiger partial charge in [0.2, 0.25) is 0 Å². The van der Waals surface area contributed by atoms with Crippen LogP contribution in [0, 0.1) is 46.3 Å². The summed E-state index contributed by atoms with van der Waals surface area (Å²) in [7, 11) is 0. The molecule has 4 heteroatoms. The molecule has 4 unspecified atom stereocenters. The fraction of sp³-hybridized carbons (Fsp3) is 0.885. The highest BCUT2D eigenvalue weighted by Crippen LogP contribution is 2.67. The van der Waals surface area contributed by atoms with Crippen molar-refractivity contribution in [1.29, 1.82) is 0 Å². The number of rotatable bonds is 5. The number of hydrogen-bond acceptors (Lipinski definition) is 4. The molecule has 0 bridgehead atoms. The van der Waals surface area contributed by atoms with Crippen molar-refractivity contribution in [1.82, 2.24) is 0 Å². The Morgan fingerprint density at radius 3 is 2.60 bits per heavy atom. The van der Waals surface area contributed by atoms with Gasteiger partial charge in [0.05, 0.1) is 6.61 Å². The third kappa shape index (κ3) is 3.37. The van der Waals surface area contributed by atoms with Crippen molar-refractivity contribution in [3.8, 4) is 0 Å². The summed E-state index contributed by atoms with van der Waals surface area (Å²) in [5, 5.41) is 0. The first-order valence-corrected chi connectivity index (χ1v) is 12.4. The highest BCUT2D eigenvalue weighted by atomic mass is 16.5. The van der Waals surface area contributed by atoms with E-state index in [0.29, 0.717) is 72.9 Å². The van der Waals surface area contributed by atoms with Crippen LogP contribution in [0.15, 0.2) is 0 Å². The molecule has 0 radical (unpaired) electrons. The molecule has 4 aliphatic rings. The molecule has 0 heterocycles. The summed E-state index contributed by atoms with van der Waals surface area (Å²) in [6, 6.07) is 0. The van der Waals surface area contributed by atoms with Gasteiger partial charge in [-0.3, -0.25) is 14.4 Å². The fourth-order valence-electron chi connectivity index (χ4n) is 8.47. The summed E-state index contributed by atoms with van der Waals surface area (Å²) < 4.78 is 5.12. The first-order valence-electron chi connectivity index (χ1n) is 12.4. The minimum atomic E-state index is -0.233. The average Bonchev–Trinajstić information content (AvgIpc) is 3.07. The lowest BCUT2D eigenvalue weighted by molar-refractivity contribution is -0.159. The molecule has 0 aromatic carbocycles. The summed E-state index contributed by atoms with van der Waals surface area (Å²) in [6.45, 7) is 9.17. The van der Waals surface area contributed by atoms with Gasteiger partial charge in [0, 0.05) is 31.1 Å². The maximum absolute atomic E-state index is 13.7. The van der Waals surface area contributed by atoms with E-state index in [1.54, 1.807) is 0 Å². The number of carbonyl (C=O) groups excluding carboxylic acids is 3. The van der Waals surface area contributed by atoms with E-state index in [4.69, 9.17) is 4.74 Å². The van der Waals surface area contributed by atoms with Crippen LogP contribution in [0.5, 0.6) is 0 Å². The zero-order valence-corrected chi connectivity index (χ0v) is 19.4. The molecular formula is C26H40O4. The van der Waals surface area contributed by atoms with Crippen molar-refractivity contribution >= 4 is 17.5 Å². The van der Waals surface area contributed by atoms with E-state index < -0.39 is 0 Å². The van der Waals surface area contributed by atoms with Gasteiger partial charge < -0.3 is 4.74 Å². The van der Waals surface area contributed by atoms with Crippen molar-refractivity contribution in [3.05, 3.63) is 0 Å². The molecule has 0 aromatic rings. The van der Waals surface area contributed by atoms with Gasteiger partial charge in [0.1, 0.15) is 11.6 Å². The van der Waals surface area contributed by atoms with Crippen molar-refractivity contribution < 1.29 is 19.1 Å². The average molecular weight is 417 g/mol. The number of Topliss-reactive ketones (excluding diaryl/α,β-unsaturated/α-hetero) is 2. The maximum atomic E-state index is 13.7. The number of ether oxygens (including phenoxy) is 1. The van der Waals surface area contributed by atoms with Gasteiger partial charge in [-0.2, -0.15) is 0 Å². The molecule has 4 fully saturated rings. The van der Waals surface area contributed by atoms with Crippen molar-refractivity contribution in [2.75, 3.05) is 6.61 Å². The molecule has 168 valence electrons. The molecule has 4 saturated carbocycles. The van der Waals surface area contributed by atoms with E-state index in [9.17, 15) is 14.4 Å². The van der Waals surface area contributed by atoms with E-state index >= 15 is 0 Å². The summed E-state index contributed by atoms with van der Waals surface area (Å²) in [4.78, 5) is 37.7. The first kappa shape index (κ1) is 22.0. The van der Waals surface area contributed by atoms with Crippen LogP contribution in [-0.4, -0.2) is 24.1 Å². The maximum Gasteiger partial charge on any atom is 0.305 e. The normalized spacial score (nSPS) is 44.1. The van der Waals surface area contributed by atoms with Crippen LogP contribution in [-0.2, 0) is 19.1 Å². The van der Waals surface area contributed by atoms with E-state index in [2.05, 4.69) is 20.8 Å². The second-order valence-electron chi connectivity index (χ2n) is 11.3. The fourth-order valence-corrected chi connectivity index (χ4v) is 8.47. The number of fused-ring (bicyclic) bond motifs is 5. The van der Waals surface area contributed by atoms with Crippen molar-refractivity contribution in [2.45, 2.75) is 91.9 Å². The Morgan fingerprint density at radius 1 is 1.10 bits per heavy atom. The summed E-state index contributed by atoms with van der Waals surface area (Å²) in [6.07, 6.45) is 9.02. The summed E-state index contributed by atoms with van der Waals surface area (Å²) >= 11 is 0. The van der Waals surface area contributed by atoms with E-state index in [1.165, 1.54) is 6.42 Å². The minimum absolute atomic E-state index is 0.114. The highest BCUT2D eigenvalue weighted by molar-refractivity contribution is 5.87. The number of carbonyl (C=O) groups is 3. The lowest BCUT2D eigenvalue weighted by Gasteiger charge is -2.59. The molecule has 4 aliphatic carbocycles. The van der Waals surface area contributed by atoms with Crippen LogP contribution < -0.4 is 0 Å². The molecule has 8 atom stereocenters. The quantitative estimate of drug-likeness (QED) is 0.565. The summed E-state index contributed by atoms with van der Waals surface area (Å²) in [5.74, 6) is 3.59. The number of hydrogen-bond donors (Lipinski definition) is 0. The predicted octanol–water partition coefficient (Wildman–Crippen LogP) is 5.37. The molecule has 0 amide bonds. The smallest absolute Gasteiger partial charge is 0.305 e. The molecular weight excluding hydrogens is 376 g/mol. The van der Waals surface area contributed by atoms with Crippen LogP contribution >= 0.6 is 0 Å². The third-order valence-electron chi connectivity index (χ3n) is 10.2. The SMILES string of the molecule is CCOC(=O)CC[C@@H](C)C1CCC2[C@@H]3CCC4CC(=O)CC[C@]4(C)C3CC(=O)[C@@]21C. The number of esters is 1. The third-order valence-corrected chi connectivity index (χ3v) is 10.2. The monoisotopic (exact) mass is 416 g/mol. The standard InChI is InChI=1S/C26H40O4/c1-5-30-24(29)11-6-16(2)20-9-10-21-19-8-7-17-14-18(27)12-13-25(17,3)22(19)15-23(28)26(20,21)4/h16-17,19-22H,5-15H2,1-4H3/t16-,17?,19+,20?,21?,22?,25+,26-/m1/s1. The molecule has 0 aromatic heterocycles. The van der Waals surface area contributed by atoms with Crippen LogP contribution in [0.25, 0.3) is 0 Å². The second kappa shape index (κ2) is 8.06. The van der Waals surface area contributed by atoms with Gasteiger partial charge in [-0.1, -0.05) is 20.8 Å². The molecule has 4 rings (SSSR count). The highest BCUT2D eigenvalue weighted by Gasteiger charge is 2.63. The number of ketones is 2. The lowest BCUT2D eigenvalue weighted by atomic mass is 9.44. The molecule has 0 saturated heterocycles. The largest absolute Gasteiger partial charge is 0.466 e. The predicted molar refractivity (Wildman–Crippen MR) is 116 cm³/mol. The van der Waals surface area contributed by atoms with E-state index in [-0.39, 0.29) is 16.8 Å². The van der Waals surface area contributed by atoms with Crippen molar-refractivity contribution in [3.63, 3.8) is 0 Å². The van der Waals surface area contributed by atoms with Crippen LogP contribution in [0.2, 0.25) is 0 Å². The van der Waals surface area contributed by atoms with Crippen LogP contribution in [0.1, 0.15) is 91.9 Å². The zero-order valence-electron chi connectivity index (χ0n) is 19.4. The summed E-state index contributed by atoms with van der Waals surface area (Å²) in [5.41, 5.74) is -0.0651. The second-order valence-corrected chi connectivity index (χ2v) is 11.3. The Kier molecular flexibility index (Phi) is 5.91. The molecule has 4 nitrogen and oxygen atoms in total. The molecule has 30 heavy (non-hydrogen) atoms. The van der Waals surface area contributed by atoms with Gasteiger partial charge in [-0.05, 0) is 86.4 Å². The van der Waals surface area contributed by atoms with Gasteiger partial charge in [-0.25, -0.2) is 0 Å². The molecule has 0 spiro atoms. The lowest BCUT2D eigenvalue weighted by Crippen LogP contribution is -2.57. The molecule has 0 aliphatic heterocycles. The van der Waals surface area contributed by atoms with E-state index in [0.717, 1.165) is 38.5 Å². The first-order chi connectivity index (χ1) is 14.2. The minimum Gasteiger partial charge on any atom is -0.466 e. The Hall–Kier alpha value is -1.19. The van der Waals surface area contributed by atoms with Crippen LogP contribution in [0.4, 0.5) is 0 Å². The van der Waals surface area contributed by atoms with E-state index in [1.807, 2.05) is 6.92 Å². The zero-order chi connectivity index (χ0) is 21.7. The Bertz CT molecular complexity index is 714. The Labute approximate surface area is 181 Å². The van der Waals surface area contributed by atoms with Gasteiger partial charge in [0.25, 0.3) is 0 Å². The molecule has 0 N–H and O–H groups in total. The Morgan fingerprint density at radius 2 is 1.87 bits per heavy atom.